The molecule has 0 aliphatic carbocycles. The molecule has 0 aliphatic heterocycles. The predicted molar refractivity (Wildman–Crippen MR) is 69.3 cm³/mol. The third kappa shape index (κ3) is 4.97. The van der Waals surface area contributed by atoms with Crippen molar-refractivity contribution in [3.8, 4) is 6.07 Å². The van der Waals surface area contributed by atoms with Gasteiger partial charge in [-0.2, -0.15) is 5.26 Å². The third-order valence-corrected chi connectivity index (χ3v) is 2.87. The zero-order chi connectivity index (χ0) is 12.7. The van der Waals surface area contributed by atoms with Gasteiger partial charge in [0.15, 0.2) is 0 Å². The summed E-state index contributed by atoms with van der Waals surface area (Å²) in [7, 11) is 0. The highest BCUT2D eigenvalue weighted by Crippen LogP contribution is 2.19. The molecule has 92 valence electrons. The lowest BCUT2D eigenvalue weighted by atomic mass is 9.90. The Kier molecular flexibility index (Phi) is 5.11. The Morgan fingerprint density at radius 3 is 2.88 bits per heavy atom. The lowest BCUT2D eigenvalue weighted by molar-refractivity contribution is 0.425. The fourth-order valence-corrected chi connectivity index (χ4v) is 1.62. The fraction of sp³-hybridized carbons (Fsp3) is 0.571. The quantitative estimate of drug-likeness (QED) is 0.766. The van der Waals surface area contributed by atoms with Crippen molar-refractivity contribution in [3.05, 3.63) is 29.6 Å². The van der Waals surface area contributed by atoms with Gasteiger partial charge < -0.3 is 5.32 Å². The molecule has 3 heteroatoms. The van der Waals surface area contributed by atoms with Crippen LogP contribution in [-0.2, 0) is 6.54 Å². The predicted octanol–water partition coefficient (Wildman–Crippen LogP) is 2.81. The zero-order valence-corrected chi connectivity index (χ0v) is 11.0. The summed E-state index contributed by atoms with van der Waals surface area (Å²) in [5.41, 5.74) is 2.12. The minimum atomic E-state index is -0.206. The van der Waals surface area contributed by atoms with Crippen LogP contribution >= 0.6 is 0 Å². The first-order chi connectivity index (χ1) is 8.05. The highest BCUT2D eigenvalue weighted by molar-refractivity contribution is 5.17. The summed E-state index contributed by atoms with van der Waals surface area (Å²) in [6.07, 6.45) is 3.77. The van der Waals surface area contributed by atoms with Crippen molar-refractivity contribution in [1.82, 2.24) is 10.3 Å². The van der Waals surface area contributed by atoms with Crippen molar-refractivity contribution < 1.29 is 0 Å². The van der Waals surface area contributed by atoms with Crippen molar-refractivity contribution >= 4 is 0 Å². The van der Waals surface area contributed by atoms with Crippen LogP contribution in [0, 0.1) is 23.7 Å². The Morgan fingerprint density at radius 2 is 2.24 bits per heavy atom. The van der Waals surface area contributed by atoms with Crippen LogP contribution in [-0.4, -0.2) is 11.5 Å². The van der Waals surface area contributed by atoms with Gasteiger partial charge in [-0.3, -0.25) is 4.98 Å². The van der Waals surface area contributed by atoms with Gasteiger partial charge in [0.2, 0.25) is 0 Å². The smallest absolute Gasteiger partial charge is 0.0683 e. The minimum Gasteiger partial charge on any atom is -0.311 e. The number of pyridine rings is 1. The number of rotatable bonds is 6. The Hall–Kier alpha value is -1.40. The number of nitrogens with zero attached hydrogens (tertiary/aromatic N) is 2. The summed E-state index contributed by atoms with van der Waals surface area (Å²) in [5, 5.41) is 12.3. The van der Waals surface area contributed by atoms with Crippen LogP contribution in [0.25, 0.3) is 0 Å². The summed E-state index contributed by atoms with van der Waals surface area (Å²) in [4.78, 5) is 4.33. The standard InChI is InChI=1S/C14H21N3/c1-12-6-4-9-17-13(12)10-16-8-5-7-14(2,3)11-15/h4,6,9,16H,5,7-8,10H2,1-3H3. The molecular weight excluding hydrogens is 210 g/mol. The van der Waals surface area contributed by atoms with E-state index in [9.17, 15) is 0 Å². The summed E-state index contributed by atoms with van der Waals surface area (Å²) >= 11 is 0. The van der Waals surface area contributed by atoms with Crippen LogP contribution in [0.3, 0.4) is 0 Å². The van der Waals surface area contributed by atoms with E-state index in [1.807, 2.05) is 26.1 Å². The average molecular weight is 231 g/mol. The second-order valence-corrected chi connectivity index (χ2v) is 5.04. The van der Waals surface area contributed by atoms with Gasteiger partial charge in [-0.05, 0) is 51.8 Å². The highest BCUT2D eigenvalue weighted by atomic mass is 14.9. The lowest BCUT2D eigenvalue weighted by Crippen LogP contribution is -2.18. The number of hydrogen-bond acceptors (Lipinski definition) is 3. The molecule has 1 aromatic rings. The van der Waals surface area contributed by atoms with Crippen LogP contribution < -0.4 is 5.32 Å². The van der Waals surface area contributed by atoms with Gasteiger partial charge in [0.05, 0.1) is 17.2 Å². The van der Waals surface area contributed by atoms with Crippen molar-refractivity contribution in [3.63, 3.8) is 0 Å². The molecule has 1 N–H and O–H groups in total. The lowest BCUT2D eigenvalue weighted by Gasteiger charge is -2.14. The first-order valence-electron chi connectivity index (χ1n) is 6.07. The molecule has 0 amide bonds. The topological polar surface area (TPSA) is 48.7 Å². The van der Waals surface area contributed by atoms with Crippen LogP contribution in [0.1, 0.15) is 37.9 Å². The van der Waals surface area contributed by atoms with E-state index in [0.29, 0.717) is 0 Å². The van der Waals surface area contributed by atoms with Crippen LogP contribution in [0.15, 0.2) is 18.3 Å². The number of nitrogens with one attached hydrogen (secondary N) is 1. The molecule has 0 spiro atoms. The molecule has 3 nitrogen and oxygen atoms in total. The number of nitriles is 1. The van der Waals surface area contributed by atoms with Crippen molar-refractivity contribution in [2.24, 2.45) is 5.41 Å². The average Bonchev–Trinajstić information content (AvgIpc) is 2.31. The number of hydrogen-bond donors (Lipinski definition) is 1. The minimum absolute atomic E-state index is 0.206. The zero-order valence-electron chi connectivity index (χ0n) is 11.0. The molecule has 0 saturated heterocycles. The van der Waals surface area contributed by atoms with E-state index in [2.05, 4.69) is 29.4 Å². The maximum Gasteiger partial charge on any atom is 0.0683 e. The largest absolute Gasteiger partial charge is 0.311 e. The second-order valence-electron chi connectivity index (χ2n) is 5.04. The van der Waals surface area contributed by atoms with Crippen molar-refractivity contribution in [2.75, 3.05) is 6.54 Å². The van der Waals surface area contributed by atoms with E-state index >= 15 is 0 Å². The highest BCUT2D eigenvalue weighted by Gasteiger charge is 2.15. The molecule has 0 unspecified atom stereocenters. The molecule has 1 rings (SSSR count). The Labute approximate surface area is 104 Å². The summed E-state index contributed by atoms with van der Waals surface area (Å²) < 4.78 is 0. The van der Waals surface area contributed by atoms with E-state index in [-0.39, 0.29) is 5.41 Å². The molecule has 1 aromatic heterocycles. The van der Waals surface area contributed by atoms with Crippen molar-refractivity contribution in [1.29, 1.82) is 5.26 Å². The molecule has 0 bridgehead atoms. The van der Waals surface area contributed by atoms with Crippen molar-refractivity contribution in [2.45, 2.75) is 40.2 Å². The molecule has 17 heavy (non-hydrogen) atoms. The van der Waals surface area contributed by atoms with Gasteiger partial charge in [-0.1, -0.05) is 6.07 Å². The Balaban J connectivity index is 2.22. The molecule has 0 atom stereocenters. The van der Waals surface area contributed by atoms with E-state index in [1.165, 1.54) is 5.56 Å². The number of aryl methyl sites for hydroxylation is 1. The van der Waals surface area contributed by atoms with Gasteiger partial charge in [-0.25, -0.2) is 0 Å². The summed E-state index contributed by atoms with van der Waals surface area (Å²) in [5.74, 6) is 0. The van der Waals surface area contributed by atoms with Gasteiger partial charge in [0, 0.05) is 12.7 Å². The van der Waals surface area contributed by atoms with Gasteiger partial charge >= 0.3 is 0 Å². The van der Waals surface area contributed by atoms with Crippen LogP contribution in [0.2, 0.25) is 0 Å². The third-order valence-electron chi connectivity index (χ3n) is 2.87. The fourth-order valence-electron chi connectivity index (χ4n) is 1.62. The molecule has 1 heterocycles. The van der Waals surface area contributed by atoms with E-state index < -0.39 is 0 Å². The number of aromatic nitrogens is 1. The monoisotopic (exact) mass is 231 g/mol. The summed E-state index contributed by atoms with van der Waals surface area (Å²) in [6.45, 7) is 7.77. The molecule has 0 radical (unpaired) electrons. The van der Waals surface area contributed by atoms with E-state index in [0.717, 1.165) is 31.6 Å². The second kappa shape index (κ2) is 6.36. The molecule has 0 aliphatic rings. The molecule has 0 fully saturated rings. The van der Waals surface area contributed by atoms with Gasteiger partial charge in [0.25, 0.3) is 0 Å². The first kappa shape index (κ1) is 13.7. The SMILES string of the molecule is Cc1cccnc1CNCCCC(C)(C)C#N. The first-order valence-corrected chi connectivity index (χ1v) is 6.07. The Bertz CT molecular complexity index is 391. The normalized spacial score (nSPS) is 11.2. The van der Waals surface area contributed by atoms with E-state index in [1.54, 1.807) is 0 Å². The van der Waals surface area contributed by atoms with Crippen LogP contribution in [0.5, 0.6) is 0 Å². The molecule has 0 aromatic carbocycles. The van der Waals surface area contributed by atoms with Crippen LogP contribution in [0.4, 0.5) is 0 Å². The maximum atomic E-state index is 8.88. The summed E-state index contributed by atoms with van der Waals surface area (Å²) in [6, 6.07) is 6.34. The van der Waals surface area contributed by atoms with E-state index in [4.69, 9.17) is 5.26 Å². The Morgan fingerprint density at radius 1 is 1.47 bits per heavy atom. The van der Waals surface area contributed by atoms with Gasteiger partial charge in [-0.15, -0.1) is 0 Å². The maximum absolute atomic E-state index is 8.88. The molecular formula is C14H21N3. The molecule has 0 saturated carbocycles. The van der Waals surface area contributed by atoms with Gasteiger partial charge in [0.1, 0.15) is 0 Å².